The summed E-state index contributed by atoms with van der Waals surface area (Å²) in [5.74, 6) is 2.46. The molecule has 1 aliphatic heterocycles. The molecule has 0 saturated carbocycles. The molecule has 0 radical (unpaired) electrons. The third-order valence-electron chi connectivity index (χ3n) is 3.50. The van der Waals surface area contributed by atoms with Gasteiger partial charge < -0.3 is 20.5 Å². The van der Waals surface area contributed by atoms with Gasteiger partial charge in [-0.25, -0.2) is 0 Å². The number of guanidine groups is 1. The van der Waals surface area contributed by atoms with Crippen molar-refractivity contribution in [3.63, 3.8) is 0 Å². The van der Waals surface area contributed by atoms with E-state index in [0.29, 0.717) is 12.5 Å². The monoisotopic (exact) mass is 449 g/mol. The maximum atomic E-state index is 11.8. The third kappa shape index (κ3) is 6.25. The first-order valence-electron chi connectivity index (χ1n) is 8.05. The summed E-state index contributed by atoms with van der Waals surface area (Å²) in [4.78, 5) is 15.9. The maximum Gasteiger partial charge on any atom is 0.239 e. The Morgan fingerprint density at radius 1 is 1.25 bits per heavy atom. The Kier molecular flexibility index (Phi) is 7.91. The van der Waals surface area contributed by atoms with E-state index in [-0.39, 0.29) is 42.0 Å². The fourth-order valence-electron chi connectivity index (χ4n) is 2.51. The van der Waals surface area contributed by atoms with Crippen LogP contribution >= 0.6 is 24.0 Å². The van der Waals surface area contributed by atoms with E-state index in [9.17, 15) is 4.79 Å². The standard InChI is InChI=1S/C15H27N7O.HI/c1-15(2,3)19-13(23)10-18-14(16-4)17-9-12-21-20-11-7-5-6-8-22(11)12;/h5-10H2,1-4H3,(H,19,23)(H2,16,17,18);1H. The van der Waals surface area contributed by atoms with Gasteiger partial charge in [-0.05, 0) is 33.6 Å². The fraction of sp³-hybridized carbons (Fsp3) is 0.733. The number of carbonyl (C=O) groups excluding carboxylic acids is 1. The second-order valence-electron chi connectivity index (χ2n) is 6.72. The van der Waals surface area contributed by atoms with Gasteiger partial charge in [-0.3, -0.25) is 9.79 Å². The molecule has 0 aromatic carbocycles. The van der Waals surface area contributed by atoms with Gasteiger partial charge in [0.15, 0.2) is 11.8 Å². The minimum absolute atomic E-state index is 0. The van der Waals surface area contributed by atoms with E-state index >= 15 is 0 Å². The van der Waals surface area contributed by atoms with Gasteiger partial charge in [0.2, 0.25) is 5.91 Å². The van der Waals surface area contributed by atoms with Gasteiger partial charge in [0, 0.05) is 25.6 Å². The van der Waals surface area contributed by atoms with Crippen molar-refractivity contribution in [3.05, 3.63) is 11.6 Å². The minimum atomic E-state index is -0.240. The summed E-state index contributed by atoms with van der Waals surface area (Å²) in [7, 11) is 1.68. The molecule has 0 bridgehead atoms. The zero-order valence-electron chi connectivity index (χ0n) is 14.8. The number of nitrogens with zero attached hydrogens (tertiary/aromatic N) is 4. The molecule has 136 valence electrons. The third-order valence-corrected chi connectivity index (χ3v) is 3.50. The first kappa shape index (κ1) is 20.7. The summed E-state index contributed by atoms with van der Waals surface area (Å²) in [5.41, 5.74) is -0.240. The van der Waals surface area contributed by atoms with E-state index in [2.05, 4.69) is 35.7 Å². The van der Waals surface area contributed by atoms with E-state index in [1.54, 1.807) is 7.05 Å². The van der Waals surface area contributed by atoms with Crippen molar-refractivity contribution < 1.29 is 4.79 Å². The molecule has 0 saturated heterocycles. The van der Waals surface area contributed by atoms with E-state index in [4.69, 9.17) is 0 Å². The Morgan fingerprint density at radius 2 is 2.00 bits per heavy atom. The van der Waals surface area contributed by atoms with Crippen molar-refractivity contribution in [1.29, 1.82) is 0 Å². The minimum Gasteiger partial charge on any atom is -0.350 e. The number of aromatic nitrogens is 3. The molecule has 1 amide bonds. The highest BCUT2D eigenvalue weighted by Gasteiger charge is 2.16. The predicted molar refractivity (Wildman–Crippen MR) is 104 cm³/mol. The predicted octanol–water partition coefficient (Wildman–Crippen LogP) is 0.812. The van der Waals surface area contributed by atoms with E-state index in [1.165, 1.54) is 6.42 Å². The smallest absolute Gasteiger partial charge is 0.239 e. The van der Waals surface area contributed by atoms with Gasteiger partial charge in [-0.1, -0.05) is 0 Å². The second-order valence-corrected chi connectivity index (χ2v) is 6.72. The number of aliphatic imine (C=N–C) groups is 1. The molecule has 0 atom stereocenters. The topological polar surface area (TPSA) is 96.2 Å². The number of amides is 1. The Hall–Kier alpha value is -1.39. The summed E-state index contributed by atoms with van der Waals surface area (Å²) in [6.45, 7) is 7.53. The molecule has 1 aliphatic rings. The van der Waals surface area contributed by atoms with Gasteiger partial charge in [0.25, 0.3) is 0 Å². The Bertz CT molecular complexity index is 577. The molecule has 0 unspecified atom stereocenters. The van der Waals surface area contributed by atoms with Crippen molar-refractivity contribution in [1.82, 2.24) is 30.7 Å². The molecule has 3 N–H and O–H groups in total. The lowest BCUT2D eigenvalue weighted by molar-refractivity contribution is -0.121. The molecule has 2 heterocycles. The molecule has 0 fully saturated rings. The number of aryl methyl sites for hydroxylation is 1. The van der Waals surface area contributed by atoms with Crippen molar-refractivity contribution in [3.8, 4) is 0 Å². The summed E-state index contributed by atoms with van der Waals surface area (Å²) in [6, 6.07) is 0. The first-order chi connectivity index (χ1) is 10.9. The molecule has 0 spiro atoms. The van der Waals surface area contributed by atoms with Gasteiger partial charge in [0.05, 0.1) is 13.1 Å². The number of rotatable bonds is 4. The first-order valence-corrected chi connectivity index (χ1v) is 8.05. The average Bonchev–Trinajstić information content (AvgIpc) is 2.89. The number of nitrogens with one attached hydrogen (secondary N) is 3. The number of carbonyl (C=O) groups is 1. The van der Waals surface area contributed by atoms with Crippen LogP contribution in [-0.4, -0.2) is 45.8 Å². The van der Waals surface area contributed by atoms with E-state index < -0.39 is 0 Å². The van der Waals surface area contributed by atoms with Gasteiger partial charge in [-0.2, -0.15) is 0 Å². The van der Waals surface area contributed by atoms with Crippen molar-refractivity contribution in [2.24, 2.45) is 4.99 Å². The fourth-order valence-corrected chi connectivity index (χ4v) is 2.51. The number of hydrogen-bond donors (Lipinski definition) is 3. The highest BCUT2D eigenvalue weighted by atomic mass is 127. The molecular weight excluding hydrogens is 421 g/mol. The van der Waals surface area contributed by atoms with Crippen LogP contribution in [0.4, 0.5) is 0 Å². The average molecular weight is 449 g/mol. The van der Waals surface area contributed by atoms with Crippen molar-refractivity contribution >= 4 is 35.8 Å². The molecule has 24 heavy (non-hydrogen) atoms. The van der Waals surface area contributed by atoms with Crippen LogP contribution in [0, 0.1) is 0 Å². The van der Waals surface area contributed by atoms with Crippen LogP contribution in [0.1, 0.15) is 45.3 Å². The quantitative estimate of drug-likeness (QED) is 0.359. The van der Waals surface area contributed by atoms with Crippen LogP contribution in [0.3, 0.4) is 0 Å². The Balaban J connectivity index is 0.00000288. The van der Waals surface area contributed by atoms with Crippen molar-refractivity contribution in [2.45, 2.75) is 58.7 Å². The van der Waals surface area contributed by atoms with Crippen LogP contribution in [0.15, 0.2) is 4.99 Å². The van der Waals surface area contributed by atoms with Crippen LogP contribution in [0.25, 0.3) is 0 Å². The molecule has 0 aliphatic carbocycles. The van der Waals surface area contributed by atoms with Crippen LogP contribution in [0.2, 0.25) is 0 Å². The lowest BCUT2D eigenvalue weighted by Crippen LogP contribution is -2.48. The van der Waals surface area contributed by atoms with E-state index in [1.807, 2.05) is 20.8 Å². The summed E-state index contributed by atoms with van der Waals surface area (Å²) in [5, 5.41) is 17.5. The van der Waals surface area contributed by atoms with Crippen LogP contribution in [0.5, 0.6) is 0 Å². The highest BCUT2D eigenvalue weighted by molar-refractivity contribution is 14.0. The Morgan fingerprint density at radius 3 is 2.67 bits per heavy atom. The lowest BCUT2D eigenvalue weighted by Gasteiger charge is -2.21. The zero-order valence-corrected chi connectivity index (χ0v) is 17.2. The summed E-state index contributed by atoms with van der Waals surface area (Å²) >= 11 is 0. The molecule has 1 aromatic rings. The van der Waals surface area contributed by atoms with E-state index in [0.717, 1.165) is 31.0 Å². The molecule has 9 heteroatoms. The van der Waals surface area contributed by atoms with Crippen LogP contribution < -0.4 is 16.0 Å². The second kappa shape index (κ2) is 9.19. The maximum absolute atomic E-state index is 11.8. The van der Waals surface area contributed by atoms with Gasteiger partial charge in [-0.15, -0.1) is 34.2 Å². The molecule has 2 rings (SSSR count). The number of halogens is 1. The normalized spacial score (nSPS) is 14.4. The van der Waals surface area contributed by atoms with Gasteiger partial charge >= 0.3 is 0 Å². The summed E-state index contributed by atoms with van der Waals surface area (Å²) < 4.78 is 2.16. The highest BCUT2D eigenvalue weighted by Crippen LogP contribution is 2.13. The molecular formula is C15H28IN7O. The zero-order chi connectivity index (χ0) is 16.9. The SMILES string of the molecule is CN=C(NCC(=O)NC(C)(C)C)NCc1nnc2n1CCCC2.I. The van der Waals surface area contributed by atoms with Gasteiger partial charge in [0.1, 0.15) is 5.82 Å². The number of hydrogen-bond acceptors (Lipinski definition) is 4. The largest absolute Gasteiger partial charge is 0.350 e. The number of fused-ring (bicyclic) bond motifs is 1. The molecule has 1 aromatic heterocycles. The van der Waals surface area contributed by atoms with Crippen molar-refractivity contribution in [2.75, 3.05) is 13.6 Å². The Labute approximate surface area is 160 Å². The lowest BCUT2D eigenvalue weighted by atomic mass is 10.1. The van der Waals surface area contributed by atoms with Crippen LogP contribution in [-0.2, 0) is 24.3 Å². The molecule has 8 nitrogen and oxygen atoms in total. The summed E-state index contributed by atoms with van der Waals surface area (Å²) in [6.07, 6.45) is 3.34.